The largest absolute Gasteiger partial charge is 0.486 e. The second-order valence-electron chi connectivity index (χ2n) is 6.34. The molecule has 3 rings (SSSR count). The van der Waals surface area contributed by atoms with Gasteiger partial charge in [0.1, 0.15) is 19.3 Å². The first-order valence-corrected chi connectivity index (χ1v) is 8.00. The maximum absolute atomic E-state index is 12.4. The van der Waals surface area contributed by atoms with Crippen molar-refractivity contribution in [3.63, 3.8) is 0 Å². The highest BCUT2D eigenvalue weighted by Gasteiger charge is 2.39. The molecule has 7 nitrogen and oxygen atoms in total. The standard InChI is InChI=1S/C17H20N2O5/c1-10(2)7-12-16(21)19(17(22)18-12)9-13(20)11-3-4-14-15(8-11)24-6-5-23-14/h3-4,8,10,12H,5-7,9H2,1-2H3,(H,18,22)/t12-/m0/s1. The number of rotatable bonds is 5. The maximum Gasteiger partial charge on any atom is 0.325 e. The molecular formula is C17H20N2O5. The number of carbonyl (C=O) groups excluding carboxylic acids is 3. The molecule has 0 bridgehead atoms. The SMILES string of the molecule is CC(C)C[C@@H]1NC(=O)N(CC(=O)c2ccc3c(c2)OCCO3)C1=O. The van der Waals surface area contributed by atoms with Crippen LogP contribution in [0.2, 0.25) is 0 Å². The lowest BCUT2D eigenvalue weighted by Crippen LogP contribution is -2.36. The monoisotopic (exact) mass is 332 g/mol. The molecule has 0 radical (unpaired) electrons. The predicted molar refractivity (Wildman–Crippen MR) is 85.3 cm³/mol. The molecule has 1 saturated heterocycles. The summed E-state index contributed by atoms with van der Waals surface area (Å²) in [4.78, 5) is 37.7. The lowest BCUT2D eigenvalue weighted by atomic mass is 10.0. The first-order valence-electron chi connectivity index (χ1n) is 8.00. The van der Waals surface area contributed by atoms with Crippen LogP contribution in [0.15, 0.2) is 18.2 Å². The minimum Gasteiger partial charge on any atom is -0.486 e. The minimum absolute atomic E-state index is 0.271. The summed E-state index contributed by atoms with van der Waals surface area (Å²) in [6.07, 6.45) is 0.555. The molecule has 3 amide bonds. The van der Waals surface area contributed by atoms with Gasteiger partial charge in [0.2, 0.25) is 0 Å². The Kier molecular flexibility index (Phi) is 4.42. The highest BCUT2D eigenvalue weighted by molar-refractivity contribution is 6.09. The van der Waals surface area contributed by atoms with Crippen molar-refractivity contribution in [3.05, 3.63) is 23.8 Å². The van der Waals surface area contributed by atoms with E-state index in [1.54, 1.807) is 18.2 Å². The van der Waals surface area contributed by atoms with Crippen molar-refractivity contribution in [1.82, 2.24) is 10.2 Å². The van der Waals surface area contributed by atoms with Gasteiger partial charge in [-0.05, 0) is 30.5 Å². The summed E-state index contributed by atoms with van der Waals surface area (Å²) in [5.74, 6) is 0.694. The van der Waals surface area contributed by atoms with Crippen LogP contribution in [0.5, 0.6) is 11.5 Å². The third kappa shape index (κ3) is 3.20. The molecule has 1 aromatic rings. The van der Waals surface area contributed by atoms with Gasteiger partial charge in [-0.3, -0.25) is 14.5 Å². The van der Waals surface area contributed by atoms with E-state index in [0.29, 0.717) is 36.7 Å². The highest BCUT2D eigenvalue weighted by atomic mass is 16.6. The zero-order valence-corrected chi connectivity index (χ0v) is 13.7. The minimum atomic E-state index is -0.550. The molecule has 0 aromatic heterocycles. The van der Waals surface area contributed by atoms with Gasteiger partial charge in [-0.25, -0.2) is 4.79 Å². The molecule has 2 heterocycles. The molecule has 0 saturated carbocycles. The van der Waals surface area contributed by atoms with Gasteiger partial charge >= 0.3 is 6.03 Å². The number of hydrogen-bond donors (Lipinski definition) is 1. The van der Waals surface area contributed by atoms with Gasteiger partial charge in [0.15, 0.2) is 17.3 Å². The average molecular weight is 332 g/mol. The molecule has 1 aromatic carbocycles. The summed E-state index contributed by atoms with van der Waals surface area (Å²) in [5, 5.41) is 2.63. The van der Waals surface area contributed by atoms with Crippen molar-refractivity contribution in [1.29, 1.82) is 0 Å². The van der Waals surface area contributed by atoms with Gasteiger partial charge in [-0.2, -0.15) is 0 Å². The van der Waals surface area contributed by atoms with Gasteiger partial charge in [0.25, 0.3) is 5.91 Å². The molecule has 0 unspecified atom stereocenters. The van der Waals surface area contributed by atoms with Gasteiger partial charge in [0.05, 0.1) is 6.54 Å². The molecule has 1 atom stereocenters. The van der Waals surface area contributed by atoms with Crippen molar-refractivity contribution in [3.8, 4) is 11.5 Å². The van der Waals surface area contributed by atoms with Crippen LogP contribution < -0.4 is 14.8 Å². The summed E-state index contributed by atoms with van der Waals surface area (Å²) in [7, 11) is 0. The third-order valence-corrected chi connectivity index (χ3v) is 3.98. The fraction of sp³-hybridized carbons (Fsp3) is 0.471. The fourth-order valence-corrected chi connectivity index (χ4v) is 2.81. The lowest BCUT2D eigenvalue weighted by molar-refractivity contribution is -0.127. The van der Waals surface area contributed by atoms with Gasteiger partial charge in [-0.1, -0.05) is 13.8 Å². The van der Waals surface area contributed by atoms with Crippen molar-refractivity contribution < 1.29 is 23.9 Å². The van der Waals surface area contributed by atoms with Gasteiger partial charge < -0.3 is 14.8 Å². The van der Waals surface area contributed by atoms with Crippen LogP contribution in [0.3, 0.4) is 0 Å². The van der Waals surface area contributed by atoms with Crippen molar-refractivity contribution in [2.75, 3.05) is 19.8 Å². The summed E-state index contributed by atoms with van der Waals surface area (Å²) >= 11 is 0. The van der Waals surface area contributed by atoms with E-state index in [9.17, 15) is 14.4 Å². The van der Waals surface area contributed by atoms with Crippen LogP contribution in [0.4, 0.5) is 4.79 Å². The number of benzene rings is 1. The van der Waals surface area contributed by atoms with Crippen molar-refractivity contribution in [2.45, 2.75) is 26.3 Å². The maximum atomic E-state index is 12.4. The van der Waals surface area contributed by atoms with E-state index in [2.05, 4.69) is 5.32 Å². The van der Waals surface area contributed by atoms with E-state index in [0.717, 1.165) is 4.90 Å². The van der Waals surface area contributed by atoms with E-state index in [-0.39, 0.29) is 24.2 Å². The molecule has 24 heavy (non-hydrogen) atoms. The highest BCUT2D eigenvalue weighted by Crippen LogP contribution is 2.31. The van der Waals surface area contributed by atoms with E-state index in [1.165, 1.54) is 0 Å². The summed E-state index contributed by atoms with van der Waals surface area (Å²) in [6, 6.07) is 3.79. The summed E-state index contributed by atoms with van der Waals surface area (Å²) in [5.41, 5.74) is 0.382. The Balaban J connectivity index is 1.70. The van der Waals surface area contributed by atoms with E-state index in [4.69, 9.17) is 9.47 Å². The van der Waals surface area contributed by atoms with Crippen LogP contribution >= 0.6 is 0 Å². The summed E-state index contributed by atoms with van der Waals surface area (Å²) < 4.78 is 10.9. The zero-order valence-electron chi connectivity index (χ0n) is 13.7. The molecule has 128 valence electrons. The van der Waals surface area contributed by atoms with Crippen LogP contribution in [0.1, 0.15) is 30.6 Å². The Morgan fingerprint density at radius 1 is 1.25 bits per heavy atom. The topological polar surface area (TPSA) is 84.9 Å². The van der Waals surface area contributed by atoms with Crippen LogP contribution in [0, 0.1) is 5.92 Å². The number of hydrogen-bond acceptors (Lipinski definition) is 5. The van der Waals surface area contributed by atoms with E-state index < -0.39 is 12.1 Å². The van der Waals surface area contributed by atoms with Crippen molar-refractivity contribution >= 4 is 17.7 Å². The fourth-order valence-electron chi connectivity index (χ4n) is 2.81. The molecule has 2 aliphatic heterocycles. The molecule has 2 aliphatic rings. The Morgan fingerprint density at radius 3 is 2.67 bits per heavy atom. The molecular weight excluding hydrogens is 312 g/mol. The van der Waals surface area contributed by atoms with E-state index >= 15 is 0 Å². The molecule has 1 fully saturated rings. The van der Waals surface area contributed by atoms with Crippen LogP contribution in [-0.4, -0.2) is 48.4 Å². The number of nitrogens with zero attached hydrogens (tertiary/aromatic N) is 1. The molecule has 0 spiro atoms. The molecule has 0 aliphatic carbocycles. The first-order chi connectivity index (χ1) is 11.5. The second-order valence-corrected chi connectivity index (χ2v) is 6.34. The first kappa shape index (κ1) is 16.3. The number of carbonyl (C=O) groups is 3. The number of fused-ring (bicyclic) bond motifs is 1. The van der Waals surface area contributed by atoms with Crippen LogP contribution in [-0.2, 0) is 4.79 Å². The Hall–Kier alpha value is -2.57. The van der Waals surface area contributed by atoms with Gasteiger partial charge in [-0.15, -0.1) is 0 Å². The van der Waals surface area contributed by atoms with Crippen LogP contribution in [0.25, 0.3) is 0 Å². The quantitative estimate of drug-likeness (QED) is 0.654. The number of amides is 3. The number of imide groups is 1. The van der Waals surface area contributed by atoms with Gasteiger partial charge in [0, 0.05) is 5.56 Å². The smallest absolute Gasteiger partial charge is 0.325 e. The number of ketones is 1. The predicted octanol–water partition coefficient (Wildman–Crippen LogP) is 1.61. The Labute approximate surface area is 139 Å². The normalized spacial score (nSPS) is 19.6. The Bertz CT molecular complexity index is 686. The molecule has 7 heteroatoms. The third-order valence-electron chi connectivity index (χ3n) is 3.98. The molecule has 1 N–H and O–H groups in total. The number of Topliss-reactive ketones (excluding diaryl/α,β-unsaturated/α-hetero) is 1. The van der Waals surface area contributed by atoms with Crippen molar-refractivity contribution in [2.24, 2.45) is 5.92 Å². The zero-order chi connectivity index (χ0) is 17.3. The number of nitrogens with one attached hydrogen (secondary N) is 1. The lowest BCUT2D eigenvalue weighted by Gasteiger charge is -2.19. The average Bonchev–Trinajstić information content (AvgIpc) is 2.81. The number of urea groups is 1. The summed E-state index contributed by atoms with van der Waals surface area (Å²) in [6.45, 7) is 4.57. The van der Waals surface area contributed by atoms with E-state index in [1.807, 2.05) is 13.8 Å². The Morgan fingerprint density at radius 2 is 1.96 bits per heavy atom. The second kappa shape index (κ2) is 6.51. The number of ether oxygens (including phenoxy) is 2.